The minimum atomic E-state index is 0.906. The largest absolute Gasteiger partial charge is 0.456 e. The van der Waals surface area contributed by atoms with Gasteiger partial charge in [-0.05, 0) is 77.8 Å². The highest BCUT2D eigenvalue weighted by Crippen LogP contribution is 2.48. The van der Waals surface area contributed by atoms with Crippen molar-refractivity contribution in [3.8, 4) is 33.4 Å². The maximum absolute atomic E-state index is 6.70. The molecule has 0 aliphatic heterocycles. The molecule has 1 aromatic heterocycles. The van der Waals surface area contributed by atoms with Gasteiger partial charge < -0.3 is 4.42 Å². The Morgan fingerprint density at radius 3 is 1.44 bits per heavy atom. The van der Waals surface area contributed by atoms with Gasteiger partial charge in [0.1, 0.15) is 11.2 Å². The van der Waals surface area contributed by atoms with Crippen LogP contribution in [0.5, 0.6) is 0 Å². The second-order valence-corrected chi connectivity index (χ2v) is 11.2. The van der Waals surface area contributed by atoms with Gasteiger partial charge in [0.15, 0.2) is 0 Å². The van der Waals surface area contributed by atoms with Gasteiger partial charge in [-0.3, -0.25) is 0 Å². The van der Waals surface area contributed by atoms with Gasteiger partial charge in [0, 0.05) is 10.8 Å². The number of hydrogen-bond acceptors (Lipinski definition) is 1. The van der Waals surface area contributed by atoms with E-state index in [4.69, 9.17) is 4.42 Å². The van der Waals surface area contributed by atoms with Crippen LogP contribution in [0.1, 0.15) is 0 Å². The van der Waals surface area contributed by atoms with Crippen LogP contribution < -0.4 is 0 Å². The molecule has 0 saturated carbocycles. The van der Waals surface area contributed by atoms with Crippen molar-refractivity contribution in [3.63, 3.8) is 0 Å². The molecule has 0 aliphatic rings. The van der Waals surface area contributed by atoms with Gasteiger partial charge in [0.05, 0.1) is 0 Å². The van der Waals surface area contributed by atoms with Crippen LogP contribution in [-0.4, -0.2) is 0 Å². The Kier molecular flexibility index (Phi) is 5.27. The Morgan fingerprint density at radius 2 is 0.814 bits per heavy atom. The Labute approximate surface area is 249 Å². The van der Waals surface area contributed by atoms with E-state index in [1.54, 1.807) is 0 Å². The molecule has 1 heterocycles. The van der Waals surface area contributed by atoms with Crippen molar-refractivity contribution in [1.82, 2.24) is 0 Å². The van der Waals surface area contributed by atoms with Crippen LogP contribution in [-0.2, 0) is 0 Å². The second kappa shape index (κ2) is 9.44. The normalized spacial score (nSPS) is 11.7. The van der Waals surface area contributed by atoms with E-state index in [9.17, 15) is 0 Å². The van der Waals surface area contributed by atoms with Crippen LogP contribution >= 0.6 is 0 Å². The van der Waals surface area contributed by atoms with Crippen molar-refractivity contribution in [3.05, 3.63) is 158 Å². The van der Waals surface area contributed by atoms with Gasteiger partial charge in [-0.1, -0.05) is 146 Å². The maximum atomic E-state index is 6.70. The van der Waals surface area contributed by atoms with Gasteiger partial charge in [-0.2, -0.15) is 0 Å². The monoisotopic (exact) mass is 546 g/mol. The third-order valence-corrected chi connectivity index (χ3v) is 8.85. The number of benzene rings is 8. The first kappa shape index (κ1) is 24.0. The molecule has 9 rings (SSSR count). The van der Waals surface area contributed by atoms with Crippen molar-refractivity contribution in [1.29, 1.82) is 0 Å². The fourth-order valence-electron chi connectivity index (χ4n) is 7.08. The Balaban J connectivity index is 1.45. The van der Waals surface area contributed by atoms with E-state index in [0.29, 0.717) is 0 Å². The molecule has 0 spiro atoms. The van der Waals surface area contributed by atoms with Gasteiger partial charge >= 0.3 is 0 Å². The molecule has 0 amide bonds. The molecule has 8 aromatic carbocycles. The molecule has 200 valence electrons. The summed E-state index contributed by atoms with van der Waals surface area (Å²) in [5.41, 5.74) is 9.14. The van der Waals surface area contributed by atoms with E-state index >= 15 is 0 Å². The molecule has 0 fully saturated rings. The van der Waals surface area contributed by atoms with E-state index in [2.05, 4.69) is 158 Å². The van der Waals surface area contributed by atoms with Crippen molar-refractivity contribution in [2.75, 3.05) is 0 Å². The minimum Gasteiger partial charge on any atom is -0.456 e. The molecular weight excluding hydrogens is 520 g/mol. The lowest BCUT2D eigenvalue weighted by Crippen LogP contribution is -1.91. The SMILES string of the molecule is c1ccc(-c2c3ccccc3c(-c3cccc4oc5cc(-c6ccccc6)c6ccccc6c5c34)c3ccccc23)cc1. The summed E-state index contributed by atoms with van der Waals surface area (Å²) >= 11 is 0. The van der Waals surface area contributed by atoms with Gasteiger partial charge in [0.25, 0.3) is 0 Å². The summed E-state index contributed by atoms with van der Waals surface area (Å²) in [4.78, 5) is 0. The van der Waals surface area contributed by atoms with Gasteiger partial charge in [-0.25, -0.2) is 0 Å². The number of rotatable bonds is 3. The summed E-state index contributed by atoms with van der Waals surface area (Å²) in [6.07, 6.45) is 0. The molecule has 0 aliphatic carbocycles. The van der Waals surface area contributed by atoms with Crippen molar-refractivity contribution in [2.24, 2.45) is 0 Å². The van der Waals surface area contributed by atoms with E-state index in [1.165, 1.54) is 71.1 Å². The molecule has 0 saturated heterocycles. The summed E-state index contributed by atoms with van der Waals surface area (Å²) in [5, 5.41) is 9.76. The molecule has 0 N–H and O–H groups in total. The van der Waals surface area contributed by atoms with Crippen molar-refractivity contribution in [2.45, 2.75) is 0 Å². The van der Waals surface area contributed by atoms with E-state index in [-0.39, 0.29) is 0 Å². The van der Waals surface area contributed by atoms with Gasteiger partial charge in [0.2, 0.25) is 0 Å². The van der Waals surface area contributed by atoms with Crippen LogP contribution in [0.4, 0.5) is 0 Å². The van der Waals surface area contributed by atoms with Crippen molar-refractivity contribution >= 4 is 54.3 Å². The van der Waals surface area contributed by atoms with Crippen LogP contribution in [0, 0.1) is 0 Å². The molecular formula is C42H26O. The summed E-state index contributed by atoms with van der Waals surface area (Å²) in [6, 6.07) is 56.6. The lowest BCUT2D eigenvalue weighted by Gasteiger charge is -2.18. The predicted molar refractivity (Wildman–Crippen MR) is 183 cm³/mol. The summed E-state index contributed by atoms with van der Waals surface area (Å²) < 4.78 is 6.70. The third kappa shape index (κ3) is 3.58. The first-order chi connectivity index (χ1) is 21.4. The Bertz CT molecular complexity index is 2430. The molecule has 0 unspecified atom stereocenters. The molecule has 0 bridgehead atoms. The van der Waals surface area contributed by atoms with E-state index in [0.717, 1.165) is 16.6 Å². The molecule has 1 heteroatoms. The fraction of sp³-hybridized carbons (Fsp3) is 0. The zero-order chi connectivity index (χ0) is 28.3. The highest BCUT2D eigenvalue weighted by molar-refractivity contribution is 6.29. The summed E-state index contributed by atoms with van der Waals surface area (Å²) in [7, 11) is 0. The topological polar surface area (TPSA) is 13.1 Å². The Hall–Kier alpha value is -5.66. The van der Waals surface area contributed by atoms with Crippen LogP contribution in [0.3, 0.4) is 0 Å². The zero-order valence-electron chi connectivity index (χ0n) is 23.4. The minimum absolute atomic E-state index is 0.906. The van der Waals surface area contributed by atoms with Gasteiger partial charge in [-0.15, -0.1) is 0 Å². The average molecular weight is 547 g/mol. The summed E-state index contributed by atoms with van der Waals surface area (Å²) in [6.45, 7) is 0. The standard InChI is InChI=1S/C42H26O/c1-3-14-27(15-4-1)36-26-38-41(30-19-8-7-18-29(30)36)42-35(24-13-25-37(42)43-38)40-33-22-11-9-20-31(33)39(28-16-5-2-6-17-28)32-21-10-12-23-34(32)40/h1-26H. The predicted octanol–water partition coefficient (Wildman–Crippen LogP) is 12.0. The second-order valence-electron chi connectivity index (χ2n) is 11.2. The highest BCUT2D eigenvalue weighted by atomic mass is 16.3. The maximum Gasteiger partial charge on any atom is 0.136 e. The smallest absolute Gasteiger partial charge is 0.136 e. The van der Waals surface area contributed by atoms with Crippen molar-refractivity contribution < 1.29 is 4.42 Å². The zero-order valence-corrected chi connectivity index (χ0v) is 23.4. The van der Waals surface area contributed by atoms with Crippen LogP contribution in [0.25, 0.3) is 87.6 Å². The number of fused-ring (bicyclic) bond motifs is 7. The van der Waals surface area contributed by atoms with Crippen LogP contribution in [0.15, 0.2) is 162 Å². The fourth-order valence-corrected chi connectivity index (χ4v) is 7.08. The first-order valence-corrected chi connectivity index (χ1v) is 14.8. The average Bonchev–Trinajstić information content (AvgIpc) is 3.47. The number of furan rings is 1. The molecule has 43 heavy (non-hydrogen) atoms. The lowest BCUT2D eigenvalue weighted by molar-refractivity contribution is 0.669. The Morgan fingerprint density at radius 1 is 0.302 bits per heavy atom. The molecule has 0 radical (unpaired) electrons. The lowest BCUT2D eigenvalue weighted by atomic mass is 9.84. The highest BCUT2D eigenvalue weighted by Gasteiger charge is 2.22. The first-order valence-electron chi connectivity index (χ1n) is 14.8. The van der Waals surface area contributed by atoms with Crippen LogP contribution in [0.2, 0.25) is 0 Å². The quantitative estimate of drug-likeness (QED) is 0.201. The molecule has 1 nitrogen and oxygen atoms in total. The summed E-state index contributed by atoms with van der Waals surface area (Å²) in [5.74, 6) is 0. The van der Waals surface area contributed by atoms with E-state index < -0.39 is 0 Å². The number of hydrogen-bond donors (Lipinski definition) is 0. The molecule has 9 aromatic rings. The third-order valence-electron chi connectivity index (χ3n) is 8.85. The van der Waals surface area contributed by atoms with E-state index in [1.807, 2.05) is 0 Å². The molecule has 0 atom stereocenters.